The van der Waals surface area contributed by atoms with E-state index in [1.165, 1.54) is 0 Å². The number of rotatable bonds is 10. The van der Waals surface area contributed by atoms with E-state index in [1.807, 2.05) is 79.7 Å². The number of nitrogens with one attached hydrogen (secondary N) is 1. The van der Waals surface area contributed by atoms with Gasteiger partial charge in [0.15, 0.2) is 0 Å². The summed E-state index contributed by atoms with van der Waals surface area (Å²) in [6.07, 6.45) is -0.226. The van der Waals surface area contributed by atoms with Crippen molar-refractivity contribution >= 4 is 16.2 Å². The van der Waals surface area contributed by atoms with Crippen molar-refractivity contribution in [2.75, 3.05) is 6.61 Å². The first-order chi connectivity index (χ1) is 15.4. The van der Waals surface area contributed by atoms with Gasteiger partial charge in [-0.3, -0.25) is 4.18 Å². The molecule has 0 heterocycles. The van der Waals surface area contributed by atoms with Gasteiger partial charge in [-0.05, 0) is 30.0 Å². The number of alkyl carbamates (subject to hydrolysis) is 1. The van der Waals surface area contributed by atoms with Gasteiger partial charge in [-0.1, -0.05) is 90.5 Å². The summed E-state index contributed by atoms with van der Waals surface area (Å²) in [4.78, 5) is 12.3. The molecule has 0 bridgehead atoms. The highest BCUT2D eigenvalue weighted by Gasteiger charge is 2.20. The molecule has 0 aliphatic carbocycles. The maximum atomic E-state index is 12.5. The second kappa shape index (κ2) is 11.5. The van der Waals surface area contributed by atoms with E-state index < -0.39 is 22.3 Å². The molecule has 1 N–H and O–H groups in total. The minimum atomic E-state index is -3.82. The van der Waals surface area contributed by atoms with Gasteiger partial charge >= 0.3 is 6.09 Å². The highest BCUT2D eigenvalue weighted by Crippen LogP contribution is 2.11. The Morgan fingerprint density at radius 1 is 0.844 bits per heavy atom. The van der Waals surface area contributed by atoms with Gasteiger partial charge in [0.1, 0.15) is 12.4 Å². The summed E-state index contributed by atoms with van der Waals surface area (Å²) in [7, 11) is -3.82. The van der Waals surface area contributed by atoms with Crippen LogP contribution in [0.15, 0.2) is 84.9 Å². The minimum absolute atomic E-state index is 0.122. The number of benzene rings is 3. The highest BCUT2D eigenvalue weighted by molar-refractivity contribution is 7.85. The predicted octanol–water partition coefficient (Wildman–Crippen LogP) is 4.38. The van der Waals surface area contributed by atoms with E-state index in [2.05, 4.69) is 5.32 Å². The Morgan fingerprint density at radius 3 is 2.06 bits per heavy atom. The van der Waals surface area contributed by atoms with E-state index in [9.17, 15) is 13.2 Å². The van der Waals surface area contributed by atoms with Crippen molar-refractivity contribution in [2.24, 2.45) is 0 Å². The van der Waals surface area contributed by atoms with Gasteiger partial charge in [0, 0.05) is 0 Å². The molecule has 0 saturated carbocycles. The lowest BCUT2D eigenvalue weighted by molar-refractivity contribution is 0.131. The van der Waals surface area contributed by atoms with Crippen LogP contribution in [0.3, 0.4) is 0 Å². The molecule has 7 heteroatoms. The largest absolute Gasteiger partial charge is 0.445 e. The van der Waals surface area contributed by atoms with Crippen molar-refractivity contribution in [3.8, 4) is 0 Å². The normalized spacial score (nSPS) is 12.2. The van der Waals surface area contributed by atoms with E-state index in [0.29, 0.717) is 12.0 Å². The number of hydrogen-bond acceptors (Lipinski definition) is 5. The van der Waals surface area contributed by atoms with Crippen molar-refractivity contribution in [3.05, 3.63) is 107 Å². The summed E-state index contributed by atoms with van der Waals surface area (Å²) in [6, 6.07) is 25.5. The molecule has 168 valence electrons. The summed E-state index contributed by atoms with van der Waals surface area (Å²) < 4.78 is 35.5. The Bertz CT molecular complexity index is 1080. The third-order valence-electron chi connectivity index (χ3n) is 4.77. The molecule has 32 heavy (non-hydrogen) atoms. The Balaban J connectivity index is 1.60. The molecule has 0 radical (unpaired) electrons. The molecular formula is C25H27NO5S. The summed E-state index contributed by atoms with van der Waals surface area (Å²) >= 11 is 0. The number of ether oxygens (including phenoxy) is 1. The average molecular weight is 454 g/mol. The lowest BCUT2D eigenvalue weighted by Crippen LogP contribution is -2.40. The van der Waals surface area contributed by atoms with E-state index in [1.54, 1.807) is 12.1 Å². The predicted molar refractivity (Wildman–Crippen MR) is 123 cm³/mol. The van der Waals surface area contributed by atoms with Crippen LogP contribution in [0.1, 0.15) is 22.3 Å². The quantitative estimate of drug-likeness (QED) is 0.461. The second-order valence-corrected chi connectivity index (χ2v) is 9.20. The summed E-state index contributed by atoms with van der Waals surface area (Å²) in [5.41, 5.74) is 3.50. The van der Waals surface area contributed by atoms with Crippen LogP contribution in [0.2, 0.25) is 0 Å². The highest BCUT2D eigenvalue weighted by atomic mass is 32.2. The number of carbonyl (C=O) groups is 1. The number of amides is 1. The van der Waals surface area contributed by atoms with Gasteiger partial charge in [-0.15, -0.1) is 0 Å². The van der Waals surface area contributed by atoms with Gasteiger partial charge < -0.3 is 10.1 Å². The molecule has 0 fully saturated rings. The van der Waals surface area contributed by atoms with Crippen molar-refractivity contribution in [2.45, 2.75) is 31.7 Å². The van der Waals surface area contributed by atoms with Crippen molar-refractivity contribution in [1.29, 1.82) is 0 Å². The van der Waals surface area contributed by atoms with Crippen molar-refractivity contribution < 1.29 is 22.1 Å². The third kappa shape index (κ3) is 8.17. The molecule has 3 aromatic rings. The standard InChI is InChI=1S/C25H27NO5S/c1-20-12-14-23(15-13-20)19-32(28,29)31-18-24(16-21-8-4-2-5-9-21)26-25(27)30-17-22-10-6-3-7-11-22/h2-15,24H,16-19H2,1H3,(H,26,27)/t24-/m1/s1. The monoisotopic (exact) mass is 453 g/mol. The Morgan fingerprint density at radius 2 is 1.44 bits per heavy atom. The first kappa shape index (κ1) is 23.5. The number of hydrogen-bond donors (Lipinski definition) is 1. The zero-order valence-corrected chi connectivity index (χ0v) is 18.8. The van der Waals surface area contributed by atoms with E-state index in [-0.39, 0.29) is 19.0 Å². The maximum absolute atomic E-state index is 12.5. The fraction of sp³-hybridized carbons (Fsp3) is 0.240. The Kier molecular flexibility index (Phi) is 8.41. The minimum Gasteiger partial charge on any atom is -0.445 e. The topological polar surface area (TPSA) is 81.7 Å². The van der Waals surface area contributed by atoms with Gasteiger partial charge in [0.05, 0.1) is 12.6 Å². The van der Waals surface area contributed by atoms with Crippen molar-refractivity contribution in [1.82, 2.24) is 5.32 Å². The van der Waals surface area contributed by atoms with Crippen LogP contribution in [0.25, 0.3) is 0 Å². The van der Waals surface area contributed by atoms with Gasteiger partial charge in [-0.2, -0.15) is 8.42 Å². The van der Waals surface area contributed by atoms with Crippen molar-refractivity contribution in [3.63, 3.8) is 0 Å². The van der Waals surface area contributed by atoms with E-state index in [4.69, 9.17) is 8.92 Å². The van der Waals surface area contributed by atoms with E-state index >= 15 is 0 Å². The molecular weight excluding hydrogens is 426 g/mol. The molecule has 0 aliphatic heterocycles. The van der Waals surface area contributed by atoms with Gasteiger partial charge in [0.2, 0.25) is 0 Å². The first-order valence-corrected chi connectivity index (χ1v) is 11.9. The molecule has 0 aromatic heterocycles. The van der Waals surface area contributed by atoms with Gasteiger partial charge in [-0.25, -0.2) is 4.79 Å². The molecule has 0 saturated heterocycles. The Labute approximate surface area is 189 Å². The second-order valence-electron chi connectivity index (χ2n) is 7.56. The lowest BCUT2D eigenvalue weighted by atomic mass is 10.1. The zero-order chi connectivity index (χ0) is 22.8. The Hall–Kier alpha value is -3.16. The smallest absolute Gasteiger partial charge is 0.407 e. The van der Waals surface area contributed by atoms with Crippen LogP contribution >= 0.6 is 0 Å². The van der Waals surface area contributed by atoms with Crippen LogP contribution in [-0.2, 0) is 37.8 Å². The fourth-order valence-corrected chi connectivity index (χ4v) is 4.15. The molecule has 0 unspecified atom stereocenters. The van der Waals surface area contributed by atoms with Crippen LogP contribution in [-0.4, -0.2) is 27.2 Å². The van der Waals surface area contributed by atoms with Crippen LogP contribution < -0.4 is 5.32 Å². The number of aryl methyl sites for hydroxylation is 1. The van der Waals surface area contributed by atoms with Crippen LogP contribution in [0, 0.1) is 6.92 Å². The molecule has 1 amide bonds. The molecule has 0 aliphatic rings. The van der Waals surface area contributed by atoms with Crippen LogP contribution in [0.4, 0.5) is 4.79 Å². The third-order valence-corrected chi connectivity index (χ3v) is 5.95. The fourth-order valence-electron chi connectivity index (χ4n) is 3.10. The maximum Gasteiger partial charge on any atom is 0.407 e. The first-order valence-electron chi connectivity index (χ1n) is 10.3. The molecule has 3 aromatic carbocycles. The summed E-state index contributed by atoms with van der Waals surface area (Å²) in [5, 5.41) is 2.73. The molecule has 1 atom stereocenters. The molecule has 3 rings (SSSR count). The average Bonchev–Trinajstić information content (AvgIpc) is 2.79. The summed E-state index contributed by atoms with van der Waals surface area (Å²) in [5.74, 6) is -0.232. The molecule has 6 nitrogen and oxygen atoms in total. The van der Waals surface area contributed by atoms with Crippen LogP contribution in [0.5, 0.6) is 0 Å². The van der Waals surface area contributed by atoms with Gasteiger partial charge in [0.25, 0.3) is 10.1 Å². The molecule has 0 spiro atoms. The van der Waals surface area contributed by atoms with E-state index in [0.717, 1.165) is 16.7 Å². The zero-order valence-electron chi connectivity index (χ0n) is 17.9. The number of carbonyl (C=O) groups excluding carboxylic acids is 1. The summed E-state index contributed by atoms with van der Waals surface area (Å²) in [6.45, 7) is 1.87. The SMILES string of the molecule is Cc1ccc(CS(=O)(=O)OC[C@@H](Cc2ccccc2)NC(=O)OCc2ccccc2)cc1. The lowest BCUT2D eigenvalue weighted by Gasteiger charge is -2.19.